The van der Waals surface area contributed by atoms with Gasteiger partial charge in [0.25, 0.3) is 0 Å². The predicted octanol–water partition coefficient (Wildman–Crippen LogP) is 18.3. The Balaban J connectivity index is 0.978. The molecule has 0 N–H and O–H groups in total. The molecule has 2 aromatic heterocycles. The van der Waals surface area contributed by atoms with Crippen LogP contribution in [0.4, 0.5) is 17.1 Å². The van der Waals surface area contributed by atoms with Gasteiger partial charge in [0.05, 0.1) is 16.4 Å². The van der Waals surface area contributed by atoms with Gasteiger partial charge < -0.3 is 9.47 Å². The first-order valence-corrected chi connectivity index (χ1v) is 24.9. The molecule has 0 unspecified atom stereocenters. The first-order valence-electron chi connectivity index (χ1n) is 24.1. The van der Waals surface area contributed by atoms with Crippen LogP contribution in [-0.4, -0.2) is 4.57 Å². The van der Waals surface area contributed by atoms with Crippen molar-refractivity contribution in [2.75, 3.05) is 4.90 Å². The lowest BCUT2D eigenvalue weighted by atomic mass is 9.68. The summed E-state index contributed by atoms with van der Waals surface area (Å²) in [5.41, 5.74) is 18.7. The van der Waals surface area contributed by atoms with Gasteiger partial charge in [0.1, 0.15) is 0 Å². The second-order valence-corrected chi connectivity index (χ2v) is 19.5. The summed E-state index contributed by atoms with van der Waals surface area (Å²) in [6, 6.07) is 98.6. The summed E-state index contributed by atoms with van der Waals surface area (Å²) in [5.74, 6) is 0. The standard InChI is InChI=1S/C67H44N2S/c1-5-17-45(18-6-1)46-29-33-52(34-30-46)68(53-36-38-62-58(43-53)55-25-13-15-27-61(55)67(62,49-19-7-2-8-20-49)50-21-9-3-10-22-50)54-35-37-56-59-41-47(31-39-63(59)69(64(56)44-54)51-23-11-4-12-24-51)48-32-40-66-60(42-48)57-26-14-16-28-65(57)70-66/h1-44H. The molecule has 0 amide bonds. The van der Waals surface area contributed by atoms with Gasteiger partial charge in [0.2, 0.25) is 0 Å². The van der Waals surface area contributed by atoms with E-state index < -0.39 is 5.41 Å². The van der Waals surface area contributed by atoms with E-state index in [-0.39, 0.29) is 0 Å². The number of anilines is 3. The lowest BCUT2D eigenvalue weighted by molar-refractivity contribution is 0.768. The molecule has 0 fully saturated rings. The average molecular weight is 909 g/mol. The zero-order valence-corrected chi connectivity index (χ0v) is 39.0. The molecule has 0 bridgehead atoms. The van der Waals surface area contributed by atoms with Crippen molar-refractivity contribution in [3.05, 3.63) is 289 Å². The molecule has 3 heteroatoms. The third-order valence-electron chi connectivity index (χ3n) is 14.7. The average Bonchev–Trinajstić information content (AvgIpc) is 4.07. The molecular formula is C67H44N2S. The molecule has 0 saturated carbocycles. The third kappa shape index (κ3) is 6.25. The number of aromatic nitrogens is 1. The third-order valence-corrected chi connectivity index (χ3v) is 15.8. The molecule has 0 radical (unpaired) electrons. The number of benzene rings is 11. The van der Waals surface area contributed by atoms with Crippen LogP contribution >= 0.6 is 11.3 Å². The van der Waals surface area contributed by atoms with Crippen molar-refractivity contribution >= 4 is 70.4 Å². The molecule has 70 heavy (non-hydrogen) atoms. The number of thiophene rings is 1. The predicted molar refractivity (Wildman–Crippen MR) is 297 cm³/mol. The van der Waals surface area contributed by atoms with E-state index in [1.807, 2.05) is 11.3 Å². The quantitative estimate of drug-likeness (QED) is 0.147. The van der Waals surface area contributed by atoms with Gasteiger partial charge in [-0.1, -0.05) is 188 Å². The number of hydrogen-bond donors (Lipinski definition) is 0. The van der Waals surface area contributed by atoms with Gasteiger partial charge in [-0.3, -0.25) is 0 Å². The number of nitrogens with zero attached hydrogens (tertiary/aromatic N) is 2. The lowest BCUT2D eigenvalue weighted by Crippen LogP contribution is -2.28. The van der Waals surface area contributed by atoms with Crippen LogP contribution in [0.25, 0.3) is 81.0 Å². The molecule has 0 aliphatic heterocycles. The summed E-state index contributed by atoms with van der Waals surface area (Å²) in [6.45, 7) is 0. The Bertz CT molecular complexity index is 4060. The highest BCUT2D eigenvalue weighted by atomic mass is 32.1. The zero-order valence-electron chi connectivity index (χ0n) is 38.2. The Morgan fingerprint density at radius 2 is 0.857 bits per heavy atom. The minimum atomic E-state index is -0.479. The summed E-state index contributed by atoms with van der Waals surface area (Å²) < 4.78 is 5.08. The van der Waals surface area contributed by atoms with Crippen molar-refractivity contribution < 1.29 is 0 Å². The summed E-state index contributed by atoms with van der Waals surface area (Å²) >= 11 is 1.86. The summed E-state index contributed by atoms with van der Waals surface area (Å²) in [6.07, 6.45) is 0. The molecule has 0 atom stereocenters. The first kappa shape index (κ1) is 40.3. The number of rotatable bonds is 8. The zero-order chi connectivity index (χ0) is 46.2. The second kappa shape index (κ2) is 16.2. The highest BCUT2D eigenvalue weighted by molar-refractivity contribution is 7.25. The summed E-state index contributed by atoms with van der Waals surface area (Å²) in [5, 5.41) is 5.07. The maximum atomic E-state index is 2.45. The largest absolute Gasteiger partial charge is 0.310 e. The van der Waals surface area contributed by atoms with Gasteiger partial charge in [-0.2, -0.15) is 0 Å². The highest BCUT2D eigenvalue weighted by Crippen LogP contribution is 2.57. The molecule has 14 rings (SSSR count). The maximum absolute atomic E-state index is 2.45. The molecule has 0 spiro atoms. The van der Waals surface area contributed by atoms with Crippen molar-refractivity contribution in [3.8, 4) is 39.1 Å². The van der Waals surface area contributed by atoms with Gasteiger partial charge in [-0.15, -0.1) is 11.3 Å². The van der Waals surface area contributed by atoms with Gasteiger partial charge in [0, 0.05) is 53.7 Å². The normalized spacial score (nSPS) is 12.7. The number of hydrogen-bond acceptors (Lipinski definition) is 2. The molecule has 2 nitrogen and oxygen atoms in total. The Hall–Kier alpha value is -8.76. The van der Waals surface area contributed by atoms with Crippen LogP contribution in [-0.2, 0) is 5.41 Å². The van der Waals surface area contributed by atoms with Crippen LogP contribution < -0.4 is 4.90 Å². The molecule has 0 saturated heterocycles. The molecule has 13 aromatic rings. The molecule has 328 valence electrons. The van der Waals surface area contributed by atoms with Crippen LogP contribution in [0.1, 0.15) is 22.3 Å². The lowest BCUT2D eigenvalue weighted by Gasteiger charge is -2.34. The van der Waals surface area contributed by atoms with E-state index in [0.29, 0.717) is 0 Å². The fourth-order valence-electron chi connectivity index (χ4n) is 11.5. The minimum absolute atomic E-state index is 0.479. The van der Waals surface area contributed by atoms with Gasteiger partial charge in [0.15, 0.2) is 0 Å². The Kier molecular flexibility index (Phi) is 9.33. The van der Waals surface area contributed by atoms with Crippen molar-refractivity contribution in [1.82, 2.24) is 4.57 Å². The van der Waals surface area contributed by atoms with Crippen LogP contribution in [0.2, 0.25) is 0 Å². The maximum Gasteiger partial charge on any atom is 0.0713 e. The van der Waals surface area contributed by atoms with E-state index in [4.69, 9.17) is 0 Å². The van der Waals surface area contributed by atoms with E-state index in [2.05, 4.69) is 276 Å². The summed E-state index contributed by atoms with van der Waals surface area (Å²) in [7, 11) is 0. The van der Waals surface area contributed by atoms with Crippen molar-refractivity contribution in [2.45, 2.75) is 5.41 Å². The van der Waals surface area contributed by atoms with Gasteiger partial charge in [-0.05, 0) is 134 Å². The fraction of sp³-hybridized carbons (Fsp3) is 0.0149. The van der Waals surface area contributed by atoms with Crippen LogP contribution in [0.5, 0.6) is 0 Å². The molecule has 2 heterocycles. The highest BCUT2D eigenvalue weighted by Gasteiger charge is 2.46. The van der Waals surface area contributed by atoms with Crippen molar-refractivity contribution in [3.63, 3.8) is 0 Å². The number of fused-ring (bicyclic) bond motifs is 9. The van der Waals surface area contributed by atoms with Crippen LogP contribution in [0.3, 0.4) is 0 Å². The molecule has 1 aliphatic carbocycles. The second-order valence-electron chi connectivity index (χ2n) is 18.4. The van der Waals surface area contributed by atoms with Crippen molar-refractivity contribution in [2.24, 2.45) is 0 Å². The Morgan fingerprint density at radius 1 is 0.314 bits per heavy atom. The number of para-hydroxylation sites is 1. The van der Waals surface area contributed by atoms with E-state index in [1.165, 1.54) is 92.1 Å². The van der Waals surface area contributed by atoms with E-state index in [1.54, 1.807) is 0 Å². The minimum Gasteiger partial charge on any atom is -0.310 e. The fourth-order valence-corrected chi connectivity index (χ4v) is 12.6. The molecular weight excluding hydrogens is 865 g/mol. The molecule has 11 aromatic carbocycles. The van der Waals surface area contributed by atoms with Crippen LogP contribution in [0, 0.1) is 0 Å². The van der Waals surface area contributed by atoms with Crippen molar-refractivity contribution in [1.29, 1.82) is 0 Å². The van der Waals surface area contributed by atoms with Gasteiger partial charge in [-0.25, -0.2) is 0 Å². The van der Waals surface area contributed by atoms with E-state index >= 15 is 0 Å². The first-order chi connectivity index (χ1) is 34.7. The van der Waals surface area contributed by atoms with E-state index in [0.717, 1.165) is 28.3 Å². The molecule has 1 aliphatic rings. The topological polar surface area (TPSA) is 8.17 Å². The van der Waals surface area contributed by atoms with Gasteiger partial charge >= 0.3 is 0 Å². The monoisotopic (exact) mass is 908 g/mol. The summed E-state index contributed by atoms with van der Waals surface area (Å²) in [4.78, 5) is 2.45. The Labute approximate surface area is 411 Å². The Morgan fingerprint density at radius 3 is 1.61 bits per heavy atom. The van der Waals surface area contributed by atoms with E-state index in [9.17, 15) is 0 Å². The SMILES string of the molecule is c1ccc(-c2ccc(N(c3ccc4c(c3)-c3ccccc3C4(c3ccccc3)c3ccccc3)c3ccc4c5cc(-c6ccc7sc8ccccc8c7c6)ccc5n(-c5ccccc5)c4c3)cc2)cc1. The smallest absolute Gasteiger partial charge is 0.0713 e. The van der Waals surface area contributed by atoms with Crippen LogP contribution in [0.15, 0.2) is 267 Å².